The lowest BCUT2D eigenvalue weighted by molar-refractivity contribution is -0.114. The quantitative estimate of drug-likeness (QED) is 0.571. The number of amides is 4. The lowest BCUT2D eigenvalue weighted by atomic mass is 10.1. The summed E-state index contributed by atoms with van der Waals surface area (Å²) in [5, 5.41) is 5.04. The summed E-state index contributed by atoms with van der Waals surface area (Å²) in [6.45, 7) is 1.37. The summed E-state index contributed by atoms with van der Waals surface area (Å²) in [7, 11) is 0. The molecule has 7 nitrogen and oxygen atoms in total. The molecule has 0 saturated carbocycles. The minimum absolute atomic E-state index is 0.0886. The van der Waals surface area contributed by atoms with Gasteiger partial charge in [-0.2, -0.15) is 0 Å². The Morgan fingerprint density at radius 2 is 1.50 bits per heavy atom. The zero-order valence-corrected chi connectivity index (χ0v) is 17.4. The first-order valence-corrected chi connectivity index (χ1v) is 9.79. The van der Waals surface area contributed by atoms with Crippen LogP contribution in [0, 0.1) is 5.82 Å². The van der Waals surface area contributed by atoms with Crippen LogP contribution in [-0.4, -0.2) is 23.6 Å². The average molecular weight is 452 g/mol. The van der Waals surface area contributed by atoms with Gasteiger partial charge in [0.1, 0.15) is 5.82 Å². The molecule has 1 aliphatic rings. The van der Waals surface area contributed by atoms with Gasteiger partial charge in [-0.3, -0.25) is 19.2 Å². The molecule has 0 bridgehead atoms. The van der Waals surface area contributed by atoms with Gasteiger partial charge in [-0.05, 0) is 60.7 Å². The first-order valence-electron chi connectivity index (χ1n) is 9.41. The van der Waals surface area contributed by atoms with E-state index in [1.54, 1.807) is 24.3 Å². The Morgan fingerprint density at radius 1 is 0.844 bits per heavy atom. The zero-order valence-electron chi connectivity index (χ0n) is 16.6. The second-order valence-electron chi connectivity index (χ2n) is 7.02. The van der Waals surface area contributed by atoms with Crippen LogP contribution in [-0.2, 0) is 4.79 Å². The molecule has 4 amide bonds. The van der Waals surface area contributed by atoms with Crippen molar-refractivity contribution in [2.75, 3.05) is 15.5 Å². The standard InChI is InChI=1S/C23H15ClFN3O4/c1-12(29)26-14-3-6-16(7-4-14)28-22(31)17-8-2-13(10-18(17)23(28)32)21(30)27-15-5-9-20(25)19(24)11-15/h2-11H,1H3,(H,26,29)(H,27,30). The summed E-state index contributed by atoms with van der Waals surface area (Å²) in [6, 6.07) is 14.1. The average Bonchev–Trinajstić information content (AvgIpc) is 3.01. The Kier molecular flexibility index (Phi) is 5.46. The van der Waals surface area contributed by atoms with Crippen molar-refractivity contribution in [3.63, 3.8) is 0 Å². The molecule has 9 heteroatoms. The van der Waals surface area contributed by atoms with E-state index >= 15 is 0 Å². The number of halogens is 2. The maximum atomic E-state index is 13.3. The van der Waals surface area contributed by atoms with E-state index in [0.717, 1.165) is 11.0 Å². The summed E-state index contributed by atoms with van der Waals surface area (Å²) in [4.78, 5) is 50.5. The molecule has 1 heterocycles. The first-order chi connectivity index (χ1) is 15.2. The van der Waals surface area contributed by atoms with Gasteiger partial charge in [0, 0.05) is 23.9 Å². The number of rotatable bonds is 4. The van der Waals surface area contributed by atoms with Crippen molar-refractivity contribution in [3.8, 4) is 0 Å². The third-order valence-corrected chi connectivity index (χ3v) is 5.06. The summed E-state index contributed by atoms with van der Waals surface area (Å²) >= 11 is 5.73. The summed E-state index contributed by atoms with van der Waals surface area (Å²) < 4.78 is 13.3. The highest BCUT2D eigenvalue weighted by atomic mass is 35.5. The zero-order chi connectivity index (χ0) is 23.0. The van der Waals surface area contributed by atoms with E-state index in [-0.39, 0.29) is 33.3 Å². The lowest BCUT2D eigenvalue weighted by Gasteiger charge is -2.14. The molecule has 2 N–H and O–H groups in total. The van der Waals surface area contributed by atoms with Crippen molar-refractivity contribution < 1.29 is 23.6 Å². The second kappa shape index (κ2) is 8.24. The van der Waals surface area contributed by atoms with Crippen molar-refractivity contribution in [1.29, 1.82) is 0 Å². The first kappa shape index (κ1) is 21.2. The maximum Gasteiger partial charge on any atom is 0.266 e. The highest BCUT2D eigenvalue weighted by Gasteiger charge is 2.37. The Morgan fingerprint density at radius 3 is 2.16 bits per heavy atom. The van der Waals surface area contributed by atoms with Gasteiger partial charge in [0.2, 0.25) is 5.91 Å². The number of nitrogens with zero attached hydrogens (tertiary/aromatic N) is 1. The van der Waals surface area contributed by atoms with Gasteiger partial charge < -0.3 is 10.6 Å². The van der Waals surface area contributed by atoms with E-state index in [0.29, 0.717) is 11.4 Å². The third kappa shape index (κ3) is 3.95. The molecular formula is C23H15ClFN3O4. The minimum Gasteiger partial charge on any atom is -0.326 e. The molecule has 160 valence electrons. The molecule has 32 heavy (non-hydrogen) atoms. The van der Waals surface area contributed by atoms with Crippen LogP contribution in [0.15, 0.2) is 60.7 Å². The van der Waals surface area contributed by atoms with Gasteiger partial charge in [0.25, 0.3) is 17.7 Å². The lowest BCUT2D eigenvalue weighted by Crippen LogP contribution is -2.29. The normalized spacial score (nSPS) is 12.5. The van der Waals surface area contributed by atoms with Gasteiger partial charge in [-0.15, -0.1) is 0 Å². The fraction of sp³-hybridized carbons (Fsp3) is 0.0435. The molecule has 3 aromatic rings. The molecule has 0 aliphatic carbocycles. The Labute approximate surface area is 186 Å². The SMILES string of the molecule is CC(=O)Nc1ccc(N2C(=O)c3ccc(C(=O)Nc4ccc(F)c(Cl)c4)cc3C2=O)cc1. The molecule has 4 rings (SSSR count). The summed E-state index contributed by atoms with van der Waals surface area (Å²) in [5.41, 5.74) is 1.54. The second-order valence-corrected chi connectivity index (χ2v) is 7.42. The minimum atomic E-state index is -0.614. The van der Waals surface area contributed by atoms with Gasteiger partial charge in [-0.1, -0.05) is 11.6 Å². The highest BCUT2D eigenvalue weighted by Crippen LogP contribution is 2.30. The third-order valence-electron chi connectivity index (χ3n) is 4.77. The van der Waals surface area contributed by atoms with Crippen molar-refractivity contribution in [2.45, 2.75) is 6.92 Å². The van der Waals surface area contributed by atoms with Crippen LogP contribution >= 0.6 is 11.6 Å². The fourth-order valence-electron chi connectivity index (χ4n) is 3.29. The van der Waals surface area contributed by atoms with Gasteiger partial charge in [0.15, 0.2) is 0 Å². The van der Waals surface area contributed by atoms with Crippen molar-refractivity contribution >= 4 is 52.3 Å². The van der Waals surface area contributed by atoms with E-state index in [9.17, 15) is 23.6 Å². The van der Waals surface area contributed by atoms with Crippen molar-refractivity contribution in [3.05, 3.63) is 88.2 Å². The van der Waals surface area contributed by atoms with Crippen LogP contribution in [0.5, 0.6) is 0 Å². The van der Waals surface area contributed by atoms with Crippen LogP contribution < -0.4 is 15.5 Å². The van der Waals surface area contributed by atoms with E-state index in [2.05, 4.69) is 10.6 Å². The van der Waals surface area contributed by atoms with Crippen molar-refractivity contribution in [1.82, 2.24) is 0 Å². The van der Waals surface area contributed by atoms with Crippen molar-refractivity contribution in [2.24, 2.45) is 0 Å². The van der Waals surface area contributed by atoms with E-state index in [1.807, 2.05) is 0 Å². The molecular weight excluding hydrogens is 437 g/mol. The molecule has 0 aromatic heterocycles. The molecule has 0 spiro atoms. The van der Waals surface area contributed by atoms with Crippen LogP contribution in [0.4, 0.5) is 21.5 Å². The smallest absolute Gasteiger partial charge is 0.266 e. The number of hydrogen-bond donors (Lipinski definition) is 2. The predicted octanol–water partition coefficient (Wildman–Crippen LogP) is 4.49. The topological polar surface area (TPSA) is 95.6 Å². The monoisotopic (exact) mass is 451 g/mol. The van der Waals surface area contributed by atoms with Crippen LogP contribution in [0.1, 0.15) is 38.0 Å². The molecule has 0 saturated heterocycles. The highest BCUT2D eigenvalue weighted by molar-refractivity contribution is 6.35. The van der Waals surface area contributed by atoms with Crippen LogP contribution in [0.2, 0.25) is 5.02 Å². The molecule has 0 fully saturated rings. The largest absolute Gasteiger partial charge is 0.326 e. The molecule has 0 unspecified atom stereocenters. The number of carbonyl (C=O) groups excluding carboxylic acids is 4. The van der Waals surface area contributed by atoms with Gasteiger partial charge in [-0.25, -0.2) is 9.29 Å². The number of imide groups is 1. The molecule has 0 radical (unpaired) electrons. The summed E-state index contributed by atoms with van der Waals surface area (Å²) in [6.07, 6.45) is 0. The number of fused-ring (bicyclic) bond motifs is 1. The van der Waals surface area contributed by atoms with E-state index < -0.39 is 23.5 Å². The number of carbonyl (C=O) groups is 4. The maximum absolute atomic E-state index is 13.3. The Balaban J connectivity index is 1.57. The van der Waals surface area contributed by atoms with Gasteiger partial charge in [0.05, 0.1) is 21.8 Å². The Bertz CT molecular complexity index is 1290. The predicted molar refractivity (Wildman–Crippen MR) is 118 cm³/mol. The molecule has 1 aliphatic heterocycles. The fourth-order valence-corrected chi connectivity index (χ4v) is 3.47. The number of anilines is 3. The van der Waals surface area contributed by atoms with E-state index in [4.69, 9.17) is 11.6 Å². The van der Waals surface area contributed by atoms with Gasteiger partial charge >= 0.3 is 0 Å². The Hall–Kier alpha value is -4.04. The van der Waals surface area contributed by atoms with Crippen LogP contribution in [0.25, 0.3) is 0 Å². The number of nitrogens with one attached hydrogen (secondary N) is 2. The molecule has 0 atom stereocenters. The summed E-state index contributed by atoms with van der Waals surface area (Å²) in [5.74, 6) is -2.50. The number of benzene rings is 3. The molecule has 3 aromatic carbocycles. The van der Waals surface area contributed by atoms with E-state index in [1.165, 1.54) is 37.3 Å². The van der Waals surface area contributed by atoms with Crippen LogP contribution in [0.3, 0.4) is 0 Å². The number of hydrogen-bond acceptors (Lipinski definition) is 4.